The first-order valence-electron chi connectivity index (χ1n) is 6.43. The smallest absolute Gasteiger partial charge is 0.251 e. The average molecular weight is 273 g/mol. The molecule has 0 fully saturated rings. The molecule has 3 N–H and O–H groups in total. The quantitative estimate of drug-likeness (QED) is 0.900. The van der Waals surface area contributed by atoms with E-state index in [2.05, 4.69) is 10.3 Å². The minimum Gasteiger partial charge on any atom is -0.472 e. The number of nitrogens with zero attached hydrogens (tertiary/aromatic N) is 1. The number of anilines is 1. The molecule has 0 aromatic carbocycles. The lowest BCUT2D eigenvalue weighted by Crippen LogP contribution is -2.24. The second-order valence-corrected chi connectivity index (χ2v) is 5.73. The molecule has 0 radical (unpaired) electrons. The number of furan rings is 1. The Morgan fingerprint density at radius 3 is 2.75 bits per heavy atom. The van der Waals surface area contributed by atoms with Gasteiger partial charge in [-0.25, -0.2) is 4.98 Å². The van der Waals surface area contributed by atoms with Crippen molar-refractivity contribution in [3.05, 3.63) is 47.5 Å². The van der Waals surface area contributed by atoms with E-state index >= 15 is 0 Å². The average Bonchev–Trinajstić information content (AvgIpc) is 2.87. The highest BCUT2D eigenvalue weighted by atomic mass is 16.3. The highest BCUT2D eigenvalue weighted by Gasteiger charge is 2.18. The highest BCUT2D eigenvalue weighted by molar-refractivity contribution is 5.94. The normalized spacial score (nSPS) is 11.3. The van der Waals surface area contributed by atoms with E-state index in [1.807, 2.05) is 26.8 Å². The van der Waals surface area contributed by atoms with E-state index in [-0.39, 0.29) is 11.3 Å². The van der Waals surface area contributed by atoms with E-state index in [1.54, 1.807) is 24.7 Å². The molecule has 0 atom stereocenters. The molecular weight excluding hydrogens is 254 g/mol. The minimum absolute atomic E-state index is 0.158. The second-order valence-electron chi connectivity index (χ2n) is 5.73. The van der Waals surface area contributed by atoms with Gasteiger partial charge in [-0.15, -0.1) is 0 Å². The fourth-order valence-corrected chi connectivity index (χ4v) is 1.74. The first kappa shape index (κ1) is 14.1. The Kier molecular flexibility index (Phi) is 3.79. The van der Waals surface area contributed by atoms with Crippen LogP contribution in [0.5, 0.6) is 0 Å². The summed E-state index contributed by atoms with van der Waals surface area (Å²) in [6.07, 6.45) is 3.17. The van der Waals surface area contributed by atoms with Gasteiger partial charge in [-0.1, -0.05) is 20.8 Å². The third kappa shape index (κ3) is 3.38. The standard InChI is InChI=1S/C15H19N3O2/c1-15(2,3)12-6-11(7-13(16)18-12)14(19)17-8-10-4-5-20-9-10/h4-7,9H,8H2,1-3H3,(H2,16,18)(H,17,19). The van der Waals surface area contributed by atoms with Crippen LogP contribution in [0.25, 0.3) is 0 Å². The van der Waals surface area contributed by atoms with Crippen LogP contribution >= 0.6 is 0 Å². The first-order chi connectivity index (χ1) is 9.36. The number of amides is 1. The minimum atomic E-state index is -0.175. The zero-order chi connectivity index (χ0) is 14.8. The Bertz CT molecular complexity index is 598. The summed E-state index contributed by atoms with van der Waals surface area (Å²) in [5.74, 6) is 0.177. The largest absolute Gasteiger partial charge is 0.472 e. The zero-order valence-electron chi connectivity index (χ0n) is 11.9. The molecule has 0 aliphatic rings. The van der Waals surface area contributed by atoms with Crippen LogP contribution in [0.2, 0.25) is 0 Å². The zero-order valence-corrected chi connectivity index (χ0v) is 11.9. The van der Waals surface area contributed by atoms with E-state index < -0.39 is 0 Å². The molecule has 1 amide bonds. The monoisotopic (exact) mass is 273 g/mol. The maximum Gasteiger partial charge on any atom is 0.251 e. The maximum absolute atomic E-state index is 12.1. The van der Waals surface area contributed by atoms with Crippen molar-refractivity contribution in [2.45, 2.75) is 32.7 Å². The number of hydrogen-bond donors (Lipinski definition) is 2. The van der Waals surface area contributed by atoms with Crippen molar-refractivity contribution in [1.82, 2.24) is 10.3 Å². The van der Waals surface area contributed by atoms with Gasteiger partial charge in [0.1, 0.15) is 5.82 Å². The summed E-state index contributed by atoms with van der Waals surface area (Å²) >= 11 is 0. The van der Waals surface area contributed by atoms with Gasteiger partial charge in [0.25, 0.3) is 5.91 Å². The van der Waals surface area contributed by atoms with Crippen LogP contribution in [0.4, 0.5) is 5.82 Å². The van der Waals surface area contributed by atoms with Gasteiger partial charge in [-0.05, 0) is 18.2 Å². The van der Waals surface area contributed by atoms with Crippen molar-refractivity contribution in [3.8, 4) is 0 Å². The van der Waals surface area contributed by atoms with Crippen molar-refractivity contribution in [2.75, 3.05) is 5.73 Å². The molecule has 2 rings (SSSR count). The molecule has 0 aliphatic carbocycles. The van der Waals surface area contributed by atoms with Gasteiger partial charge in [0.05, 0.1) is 12.5 Å². The van der Waals surface area contributed by atoms with Gasteiger partial charge >= 0.3 is 0 Å². The predicted molar refractivity (Wildman–Crippen MR) is 77.2 cm³/mol. The van der Waals surface area contributed by atoms with Crippen LogP contribution in [0.3, 0.4) is 0 Å². The van der Waals surface area contributed by atoms with E-state index in [9.17, 15) is 4.79 Å². The van der Waals surface area contributed by atoms with Crippen molar-refractivity contribution >= 4 is 11.7 Å². The number of pyridine rings is 1. The summed E-state index contributed by atoms with van der Waals surface area (Å²) in [4.78, 5) is 16.4. The number of carbonyl (C=O) groups is 1. The molecule has 0 saturated carbocycles. The molecule has 106 valence electrons. The van der Waals surface area contributed by atoms with Crippen molar-refractivity contribution in [2.24, 2.45) is 0 Å². The van der Waals surface area contributed by atoms with Crippen molar-refractivity contribution < 1.29 is 9.21 Å². The number of nitrogens with one attached hydrogen (secondary N) is 1. The summed E-state index contributed by atoms with van der Waals surface area (Å²) in [7, 11) is 0. The van der Waals surface area contributed by atoms with Crippen molar-refractivity contribution in [1.29, 1.82) is 0 Å². The molecule has 0 aliphatic heterocycles. The van der Waals surface area contributed by atoms with Gasteiger partial charge in [-0.3, -0.25) is 4.79 Å². The topological polar surface area (TPSA) is 81.2 Å². The van der Waals surface area contributed by atoms with E-state index in [0.717, 1.165) is 11.3 Å². The van der Waals surface area contributed by atoms with Crippen molar-refractivity contribution in [3.63, 3.8) is 0 Å². The third-order valence-electron chi connectivity index (χ3n) is 2.91. The molecule has 0 saturated heterocycles. The van der Waals surface area contributed by atoms with E-state index in [1.165, 1.54) is 0 Å². The number of hydrogen-bond acceptors (Lipinski definition) is 4. The fourth-order valence-electron chi connectivity index (χ4n) is 1.74. The lowest BCUT2D eigenvalue weighted by atomic mass is 9.90. The summed E-state index contributed by atoms with van der Waals surface area (Å²) in [6.45, 7) is 6.51. The Morgan fingerprint density at radius 2 is 2.15 bits per heavy atom. The van der Waals surface area contributed by atoms with Crippen LogP contribution in [-0.4, -0.2) is 10.9 Å². The molecule has 2 aromatic heterocycles. The molecule has 20 heavy (non-hydrogen) atoms. The fraction of sp³-hybridized carbons (Fsp3) is 0.333. The molecular formula is C15H19N3O2. The third-order valence-corrected chi connectivity index (χ3v) is 2.91. The summed E-state index contributed by atoms with van der Waals surface area (Å²) in [5, 5.41) is 2.82. The lowest BCUT2D eigenvalue weighted by Gasteiger charge is -2.19. The predicted octanol–water partition coefficient (Wildman–Crippen LogP) is 2.48. The Labute approximate surface area is 118 Å². The summed E-state index contributed by atoms with van der Waals surface area (Å²) < 4.78 is 4.95. The molecule has 0 bridgehead atoms. The molecule has 2 heterocycles. The lowest BCUT2D eigenvalue weighted by molar-refractivity contribution is 0.0950. The van der Waals surface area contributed by atoms with Gasteiger partial charge in [0.2, 0.25) is 0 Å². The van der Waals surface area contributed by atoms with Crippen LogP contribution in [0.1, 0.15) is 42.4 Å². The highest BCUT2D eigenvalue weighted by Crippen LogP contribution is 2.22. The number of rotatable bonds is 3. The summed E-state index contributed by atoms with van der Waals surface area (Å²) in [5.41, 5.74) is 7.85. The summed E-state index contributed by atoms with van der Waals surface area (Å²) in [6, 6.07) is 5.17. The Morgan fingerprint density at radius 1 is 1.40 bits per heavy atom. The van der Waals surface area contributed by atoms with E-state index in [0.29, 0.717) is 17.9 Å². The van der Waals surface area contributed by atoms with Crippen LogP contribution in [0.15, 0.2) is 35.1 Å². The molecule has 5 heteroatoms. The second kappa shape index (κ2) is 5.36. The van der Waals surface area contributed by atoms with Gasteiger partial charge < -0.3 is 15.5 Å². The number of carbonyl (C=O) groups excluding carboxylic acids is 1. The number of nitrogen functional groups attached to an aromatic ring is 1. The number of aromatic nitrogens is 1. The molecule has 0 unspecified atom stereocenters. The molecule has 5 nitrogen and oxygen atoms in total. The van der Waals surface area contributed by atoms with E-state index in [4.69, 9.17) is 10.2 Å². The van der Waals surface area contributed by atoms with Crippen LogP contribution in [0, 0.1) is 0 Å². The van der Waals surface area contributed by atoms with Gasteiger partial charge in [-0.2, -0.15) is 0 Å². The van der Waals surface area contributed by atoms with Gasteiger partial charge in [0.15, 0.2) is 0 Å². The Balaban J connectivity index is 2.15. The SMILES string of the molecule is CC(C)(C)c1cc(C(=O)NCc2ccoc2)cc(N)n1. The van der Waals surface area contributed by atoms with Gasteiger partial charge in [0, 0.05) is 28.8 Å². The number of nitrogens with two attached hydrogens (primary N) is 1. The van der Waals surface area contributed by atoms with Crippen LogP contribution < -0.4 is 11.1 Å². The maximum atomic E-state index is 12.1. The molecule has 2 aromatic rings. The van der Waals surface area contributed by atoms with Crippen LogP contribution in [-0.2, 0) is 12.0 Å². The Hall–Kier alpha value is -2.30. The molecule has 0 spiro atoms. The first-order valence-corrected chi connectivity index (χ1v) is 6.43.